The number of nitrogens with two attached hydrogens (primary N) is 1. The van der Waals surface area contributed by atoms with Crippen LogP contribution in [-0.4, -0.2) is 11.5 Å². The monoisotopic (exact) mass is 146 g/mol. The molecule has 0 amide bonds. The summed E-state index contributed by atoms with van der Waals surface area (Å²) < 4.78 is 61.7. The van der Waals surface area contributed by atoms with Crippen LogP contribution in [0, 0.1) is 0 Å². The van der Waals surface area contributed by atoms with Gasteiger partial charge in [-0.05, 0) is 18.9 Å². The third kappa shape index (κ3) is 1.37. The van der Waals surface area contributed by atoms with Crippen LogP contribution in [0.4, 0.5) is 5.69 Å². The highest BCUT2D eigenvalue weighted by Gasteiger charge is 1.96. The van der Waals surface area contributed by atoms with Crippen molar-refractivity contribution >= 4 is 5.69 Å². The summed E-state index contributed by atoms with van der Waals surface area (Å²) in [4.78, 5) is 3.35. The van der Waals surface area contributed by atoms with E-state index in [1.54, 1.807) is 0 Å². The molecular formula is C7H10N2O. The van der Waals surface area contributed by atoms with Crippen molar-refractivity contribution in [3.8, 4) is 5.88 Å². The van der Waals surface area contributed by atoms with Crippen molar-refractivity contribution in [2.75, 3.05) is 12.3 Å². The van der Waals surface area contributed by atoms with E-state index in [0.717, 1.165) is 0 Å². The minimum atomic E-state index is -3.08. The first-order chi connectivity index (χ1) is 7.97. The lowest BCUT2D eigenvalue weighted by Gasteiger charge is -2.02. The minimum Gasteiger partial charge on any atom is -0.477 e. The highest BCUT2D eigenvalue weighted by Crippen LogP contribution is 2.14. The van der Waals surface area contributed by atoms with Crippen molar-refractivity contribution in [2.45, 2.75) is 6.85 Å². The molecule has 1 heterocycles. The Morgan fingerprint density at radius 3 is 3.80 bits per heavy atom. The lowest BCUT2D eigenvalue weighted by molar-refractivity contribution is 0.329. The number of aromatic nitrogens is 1. The van der Waals surface area contributed by atoms with Crippen LogP contribution in [0.5, 0.6) is 5.88 Å². The van der Waals surface area contributed by atoms with Gasteiger partial charge in [-0.2, -0.15) is 0 Å². The van der Waals surface area contributed by atoms with Gasteiger partial charge in [0, 0.05) is 10.3 Å². The van der Waals surface area contributed by atoms with Crippen molar-refractivity contribution in [2.24, 2.45) is 0 Å². The van der Waals surface area contributed by atoms with Crippen LogP contribution in [0.3, 0.4) is 0 Å². The predicted octanol–water partition coefficient (Wildman–Crippen LogP) is 1.06. The van der Waals surface area contributed by atoms with Gasteiger partial charge in [-0.15, -0.1) is 0 Å². The zero-order valence-corrected chi connectivity index (χ0v) is 4.93. The van der Waals surface area contributed by atoms with Crippen molar-refractivity contribution in [3.05, 3.63) is 18.3 Å². The lowest BCUT2D eigenvalue weighted by Crippen LogP contribution is -1.98. The molecule has 3 nitrogen and oxygen atoms in total. The summed E-state index contributed by atoms with van der Waals surface area (Å²) in [7, 11) is 0. The molecule has 0 radical (unpaired) electrons. The molecule has 54 valence electrons. The Morgan fingerprint density at radius 2 is 3.00 bits per heavy atom. The van der Waals surface area contributed by atoms with Gasteiger partial charge in [0.25, 0.3) is 0 Å². The Labute approximate surface area is 71.1 Å². The molecule has 0 aromatic carbocycles. The van der Waals surface area contributed by atoms with Gasteiger partial charge in [0.1, 0.15) is 0 Å². The van der Waals surface area contributed by atoms with Gasteiger partial charge in [0.15, 0.2) is 0 Å². The fourth-order valence-corrected chi connectivity index (χ4v) is 0.414. The molecule has 0 atom stereocenters. The van der Waals surface area contributed by atoms with Gasteiger partial charge in [-0.1, -0.05) is 0 Å². The fraction of sp³-hybridized carbons (Fsp3) is 0.286. The van der Waals surface area contributed by atoms with Crippen LogP contribution in [0.2, 0.25) is 0 Å². The molecule has 0 fully saturated rings. The maximum atomic E-state index is 7.37. The smallest absolute Gasteiger partial charge is 0.237 e. The van der Waals surface area contributed by atoms with Crippen molar-refractivity contribution < 1.29 is 15.7 Å². The molecule has 0 saturated heterocycles. The number of anilines is 1. The second-order valence-corrected chi connectivity index (χ2v) is 1.40. The summed E-state index contributed by atoms with van der Waals surface area (Å²) >= 11 is 0. The van der Waals surface area contributed by atoms with Crippen LogP contribution in [0.15, 0.2) is 18.3 Å². The largest absolute Gasteiger partial charge is 0.477 e. The minimum absolute atomic E-state index is 0.482. The molecule has 0 spiro atoms. The van der Waals surface area contributed by atoms with Crippen LogP contribution in [-0.2, 0) is 0 Å². The van der Waals surface area contributed by atoms with Crippen LogP contribution in [0.1, 0.15) is 17.8 Å². The quantitative estimate of drug-likeness (QED) is 0.678. The zero-order chi connectivity index (χ0) is 14.3. The molecule has 0 bridgehead atoms. The molecule has 10 heavy (non-hydrogen) atoms. The number of hydrogen-bond donors (Lipinski definition) is 1. The number of nitrogen functional groups attached to an aromatic ring is 1. The van der Waals surface area contributed by atoms with E-state index in [-0.39, 0.29) is 0 Å². The Morgan fingerprint density at radius 1 is 2.10 bits per heavy atom. The average molecular weight is 146 g/mol. The molecule has 2 N–H and O–H groups in total. The Bertz CT molecular complexity index is 471. The predicted molar refractivity (Wildman–Crippen MR) is 39.8 cm³/mol. The summed E-state index contributed by atoms with van der Waals surface area (Å²) in [6, 6.07) is -1.11. The van der Waals surface area contributed by atoms with Crippen LogP contribution >= 0.6 is 0 Å². The maximum Gasteiger partial charge on any atom is 0.237 e. The van der Waals surface area contributed by atoms with Gasteiger partial charge in [0.05, 0.1) is 19.1 Å². The van der Waals surface area contributed by atoms with Crippen LogP contribution in [0.25, 0.3) is 0 Å². The summed E-state index contributed by atoms with van der Waals surface area (Å²) in [5.41, 5.74) is 4.89. The van der Waals surface area contributed by atoms with Crippen LogP contribution < -0.4 is 10.5 Å². The Balaban J connectivity index is 3.22. The molecule has 3 heteroatoms. The summed E-state index contributed by atoms with van der Waals surface area (Å²) in [5, 5.41) is 0. The van der Waals surface area contributed by atoms with E-state index >= 15 is 0 Å². The Kier molecular flexibility index (Phi) is 0.572. The summed E-state index contributed by atoms with van der Waals surface area (Å²) in [6.07, 6.45) is -0.648. The maximum absolute atomic E-state index is 7.37. The van der Waals surface area contributed by atoms with E-state index in [9.17, 15) is 0 Å². The lowest BCUT2D eigenvalue weighted by atomic mass is 10.4. The van der Waals surface area contributed by atoms with E-state index in [1.165, 1.54) is 0 Å². The first-order valence-electron chi connectivity index (χ1n) is 6.39. The second kappa shape index (κ2) is 3.06. The zero-order valence-electron chi connectivity index (χ0n) is 12.9. The normalized spacial score (nSPS) is 23.6. The third-order valence-electron chi connectivity index (χ3n) is 0.789. The first kappa shape index (κ1) is 1.87. The average Bonchev–Trinajstić information content (AvgIpc) is 2.21. The van der Waals surface area contributed by atoms with Gasteiger partial charge >= 0.3 is 0 Å². The molecular weight excluding hydrogens is 128 g/mol. The Hall–Kier alpha value is -1.25. The molecule has 0 aliphatic carbocycles. The fourth-order valence-electron chi connectivity index (χ4n) is 0.414. The first-order valence-corrected chi connectivity index (χ1v) is 2.39. The molecule has 0 aliphatic heterocycles. The molecule has 1 rings (SSSR count). The molecule has 1 aromatic heterocycles. The summed E-state index contributed by atoms with van der Waals surface area (Å²) in [5.74, 6) is -0.679. The molecule has 0 aliphatic rings. The third-order valence-corrected chi connectivity index (χ3v) is 0.789. The van der Waals surface area contributed by atoms with Crippen molar-refractivity contribution in [3.63, 3.8) is 0 Å². The SMILES string of the molecule is [2H]c1nc(OC([2H])([2H])C([2H])([2H])[2H])c(N)c([2H])c1[2H]. The number of nitrogens with zero attached hydrogens (tertiary/aromatic N) is 1. The van der Waals surface area contributed by atoms with E-state index in [1.807, 2.05) is 0 Å². The molecule has 0 unspecified atom stereocenters. The highest BCUT2D eigenvalue weighted by molar-refractivity contribution is 5.46. The van der Waals surface area contributed by atoms with Gasteiger partial charge in [-0.25, -0.2) is 4.98 Å². The van der Waals surface area contributed by atoms with E-state index in [4.69, 9.17) is 16.7 Å². The van der Waals surface area contributed by atoms with Gasteiger partial charge in [-0.3, -0.25) is 0 Å². The molecule has 1 aromatic rings. The number of pyridine rings is 1. The number of rotatable bonds is 2. The van der Waals surface area contributed by atoms with E-state index in [0.29, 0.717) is 0 Å². The van der Waals surface area contributed by atoms with E-state index in [2.05, 4.69) is 9.72 Å². The van der Waals surface area contributed by atoms with Crippen molar-refractivity contribution in [1.82, 2.24) is 4.98 Å². The van der Waals surface area contributed by atoms with Crippen molar-refractivity contribution in [1.29, 1.82) is 0 Å². The van der Waals surface area contributed by atoms with Gasteiger partial charge in [0.2, 0.25) is 5.88 Å². The van der Waals surface area contributed by atoms with Gasteiger partial charge < -0.3 is 10.5 Å². The molecule has 0 saturated carbocycles. The number of hydrogen-bond acceptors (Lipinski definition) is 3. The summed E-state index contributed by atoms with van der Waals surface area (Å²) in [6.45, 7) is -6.14. The second-order valence-electron chi connectivity index (χ2n) is 1.40. The number of ether oxygens (including phenoxy) is 1. The topological polar surface area (TPSA) is 48.1 Å². The standard InChI is InChI=1S/C7H10N2O/c1-2-10-7-6(8)4-3-5-9-7/h3-5H,2,8H2,1H3/i1D3,2D2,3D,4D,5D. The van der Waals surface area contributed by atoms with E-state index < -0.39 is 43.2 Å². The highest BCUT2D eigenvalue weighted by atomic mass is 16.5.